The lowest BCUT2D eigenvalue weighted by Crippen LogP contribution is -2.48. The summed E-state index contributed by atoms with van der Waals surface area (Å²) in [6.45, 7) is 22.5. The van der Waals surface area contributed by atoms with E-state index in [0.29, 0.717) is 0 Å². The molecule has 0 saturated carbocycles. The Bertz CT molecular complexity index is 2350. The van der Waals surface area contributed by atoms with Gasteiger partial charge >= 0.3 is 0 Å². The van der Waals surface area contributed by atoms with E-state index < -0.39 is 39.6 Å². The number of hydrogen-bond donors (Lipinski definition) is 0. The fraction of sp³-hybridized carbons (Fsp3) is 0.536. The second kappa shape index (κ2) is 32.9. The van der Waals surface area contributed by atoms with Gasteiger partial charge in [-0.05, 0) is 28.3 Å². The van der Waals surface area contributed by atoms with Gasteiger partial charge in [0.25, 0.3) is 0 Å². The van der Waals surface area contributed by atoms with E-state index in [4.69, 9.17) is 4.42 Å². The molecule has 414 valence electrons. The summed E-state index contributed by atoms with van der Waals surface area (Å²) in [5, 5.41) is 10.9. The molecule has 1 aromatic heterocycles. The quantitative estimate of drug-likeness (QED) is 0.0284. The molecule has 0 aliphatic rings. The Morgan fingerprint density at radius 3 is 1.04 bits per heavy atom. The number of benzene rings is 5. The molecule has 0 spiro atoms. The molecule has 0 amide bonds. The van der Waals surface area contributed by atoms with Crippen LogP contribution in [0.3, 0.4) is 0 Å². The topological polar surface area (TPSA) is 16.4 Å². The van der Waals surface area contributed by atoms with Gasteiger partial charge in [-0.2, -0.15) is 0 Å². The fourth-order valence-corrected chi connectivity index (χ4v) is 37.3. The maximum atomic E-state index is 6.61. The second-order valence-corrected chi connectivity index (χ2v) is 42.7. The van der Waals surface area contributed by atoms with Gasteiger partial charge in [-0.25, -0.2) is 0 Å². The van der Waals surface area contributed by atoms with Crippen molar-refractivity contribution in [1.82, 2.24) is 0 Å². The summed E-state index contributed by atoms with van der Waals surface area (Å²) in [6.07, 6.45) is 25.6. The molecule has 0 fully saturated rings. The normalized spacial score (nSPS) is 12.8. The number of fused-ring (bicyclic) bond motifs is 1. The summed E-state index contributed by atoms with van der Waals surface area (Å²) < 4.78 is 9.47. The number of unbranched alkanes of at least 4 members (excludes halogenated alkanes) is 9. The van der Waals surface area contributed by atoms with E-state index in [1.165, 1.54) is 203 Å². The first-order chi connectivity index (χ1) is 37.2. The Kier molecular flexibility index (Phi) is 26.9. The van der Waals surface area contributed by atoms with Crippen LogP contribution in [0.2, 0.25) is 54.4 Å². The molecule has 1 heterocycles. The minimum atomic E-state index is -1.74. The van der Waals surface area contributed by atoms with E-state index in [1.54, 1.807) is 15.6 Å². The van der Waals surface area contributed by atoms with Crippen LogP contribution in [-0.4, -0.2) is 24.2 Å². The van der Waals surface area contributed by atoms with E-state index in [0.717, 1.165) is 12.1 Å². The molecule has 6 aromatic rings. The van der Waals surface area contributed by atoms with Gasteiger partial charge < -0.3 is 9.09 Å². The molecule has 0 aliphatic carbocycles. The van der Waals surface area contributed by atoms with Gasteiger partial charge in [0.1, 0.15) is 0 Å². The van der Waals surface area contributed by atoms with Crippen molar-refractivity contribution in [3.05, 3.63) is 139 Å². The lowest BCUT2D eigenvalue weighted by atomic mass is 10.2. The first kappa shape index (κ1) is 62.2. The number of para-hydroxylation sites is 1. The standard InChI is InChI=1S/C69H105NOP2Si3/c1-10-19-50-74(51-20-11-2,52-21-12-3)65-42-36-62(37-43-65)72(63-38-44-66(45-39-63)75(53-22-13-4,54-23-14-5)55-24-15-6)73(64-40-46-67(47-41-64)76(56-25-16-7,57-26-17-8)58-27-18-9)70(59-60-32-29-28-30-33-60)68-35-31-34-61-48-49-71-69(61)68/h28-49H,10-27,50-59H2,1-9H3. The lowest BCUT2D eigenvalue weighted by Gasteiger charge is -2.40. The van der Waals surface area contributed by atoms with Crippen LogP contribution in [0.5, 0.6) is 0 Å². The summed E-state index contributed by atoms with van der Waals surface area (Å²) in [5.74, 6) is 0. The minimum Gasteiger partial charge on any atom is -0.462 e. The van der Waals surface area contributed by atoms with Gasteiger partial charge in [-0.15, -0.1) is 0 Å². The number of anilines is 1. The molecular formula is C69H105NOP2Si3. The highest BCUT2D eigenvalue weighted by Gasteiger charge is 2.39. The van der Waals surface area contributed by atoms with Crippen LogP contribution in [-0.2, 0) is 6.54 Å². The Balaban J connectivity index is 1.68. The maximum Gasteiger partial charge on any atom is 0.157 e. The molecule has 6 rings (SSSR count). The van der Waals surface area contributed by atoms with Crippen LogP contribution < -0.4 is 36.1 Å². The van der Waals surface area contributed by atoms with Crippen molar-refractivity contribution in [1.29, 1.82) is 0 Å². The molecule has 1 unspecified atom stereocenters. The zero-order chi connectivity index (χ0) is 54.1. The van der Waals surface area contributed by atoms with Crippen molar-refractivity contribution in [3.8, 4) is 0 Å². The third-order valence-corrected chi connectivity index (χ3v) is 41.4. The molecule has 5 aromatic carbocycles. The number of furan rings is 1. The van der Waals surface area contributed by atoms with E-state index >= 15 is 0 Å². The van der Waals surface area contributed by atoms with E-state index in [-0.39, 0.29) is 0 Å². The SMILES string of the molecule is CCCC[Si](CCCC)(CCCC)c1ccc(P(c2ccc([Si](CCCC)(CCCC)CCCC)cc2)P(c2ccc([Si](CCCC)(CCCC)CCCC)cc2)N(Cc2ccccc2)c2cccc3ccoc23)cc1. The predicted molar refractivity (Wildman–Crippen MR) is 355 cm³/mol. The van der Waals surface area contributed by atoms with Gasteiger partial charge in [-0.1, -0.05) is 363 Å². The summed E-state index contributed by atoms with van der Waals surface area (Å²) in [4.78, 5) is 0. The van der Waals surface area contributed by atoms with Crippen molar-refractivity contribution < 1.29 is 4.42 Å². The molecule has 0 radical (unpaired) electrons. The molecule has 2 nitrogen and oxygen atoms in total. The molecule has 7 heteroatoms. The Morgan fingerprint density at radius 1 is 0.355 bits per heavy atom. The molecule has 0 N–H and O–H groups in total. The summed E-state index contributed by atoms with van der Waals surface area (Å²) >= 11 is 0. The Hall–Kier alpha value is -3.05. The third-order valence-electron chi connectivity index (χ3n) is 17.6. The largest absolute Gasteiger partial charge is 0.462 e. The fourth-order valence-electron chi connectivity index (χ4n) is 12.8. The number of hydrogen-bond acceptors (Lipinski definition) is 2. The van der Waals surface area contributed by atoms with Gasteiger partial charge in [-0.3, -0.25) is 0 Å². The van der Waals surface area contributed by atoms with Crippen LogP contribution in [0.25, 0.3) is 11.0 Å². The van der Waals surface area contributed by atoms with E-state index in [9.17, 15) is 0 Å². The van der Waals surface area contributed by atoms with Crippen molar-refractivity contribution in [3.63, 3.8) is 0 Å². The van der Waals surface area contributed by atoms with Crippen LogP contribution in [0, 0.1) is 0 Å². The van der Waals surface area contributed by atoms with Crippen molar-refractivity contribution in [2.45, 2.75) is 239 Å². The Morgan fingerprint density at radius 2 is 0.697 bits per heavy atom. The summed E-state index contributed by atoms with van der Waals surface area (Å²) in [7, 11) is -7.15. The highest BCUT2D eigenvalue weighted by molar-refractivity contribution is 8.39. The zero-order valence-electron chi connectivity index (χ0n) is 49.8. The van der Waals surface area contributed by atoms with Crippen LogP contribution in [0.4, 0.5) is 5.69 Å². The third kappa shape index (κ3) is 16.3. The zero-order valence-corrected chi connectivity index (χ0v) is 54.5. The molecule has 0 saturated heterocycles. The average Bonchev–Trinajstić information content (AvgIpc) is 3.99. The highest BCUT2D eigenvalue weighted by Crippen LogP contribution is 2.70. The smallest absolute Gasteiger partial charge is 0.157 e. The summed E-state index contributed by atoms with van der Waals surface area (Å²) in [5.41, 5.74) is 3.57. The van der Waals surface area contributed by atoms with Gasteiger partial charge in [0.2, 0.25) is 0 Å². The van der Waals surface area contributed by atoms with Crippen LogP contribution in [0.1, 0.15) is 183 Å². The van der Waals surface area contributed by atoms with Crippen molar-refractivity contribution >= 4 is 87.7 Å². The van der Waals surface area contributed by atoms with Gasteiger partial charge in [0.05, 0.1) is 43.9 Å². The van der Waals surface area contributed by atoms with Crippen molar-refractivity contribution in [2.24, 2.45) is 0 Å². The first-order valence-electron chi connectivity index (χ1n) is 31.4. The number of nitrogens with zero attached hydrogens (tertiary/aromatic N) is 1. The van der Waals surface area contributed by atoms with E-state index in [1.807, 2.05) is 6.26 Å². The Labute approximate surface area is 471 Å². The van der Waals surface area contributed by atoms with E-state index in [2.05, 4.69) is 194 Å². The minimum absolute atomic E-state index is 0.813. The predicted octanol–water partition coefficient (Wildman–Crippen LogP) is 20.4. The summed E-state index contributed by atoms with van der Waals surface area (Å²) in [6, 6.07) is 65.5. The lowest BCUT2D eigenvalue weighted by molar-refractivity contribution is 0.615. The highest BCUT2D eigenvalue weighted by atomic mass is 32.1. The maximum absolute atomic E-state index is 6.61. The average molecular weight is 1110 g/mol. The van der Waals surface area contributed by atoms with Crippen LogP contribution in [0.15, 0.2) is 138 Å². The van der Waals surface area contributed by atoms with Crippen LogP contribution >= 0.6 is 15.4 Å². The molecule has 76 heavy (non-hydrogen) atoms. The first-order valence-corrected chi connectivity index (χ1v) is 42.6. The molecule has 0 bridgehead atoms. The number of rotatable bonds is 38. The monoisotopic (exact) mass is 1110 g/mol. The van der Waals surface area contributed by atoms with Gasteiger partial charge in [0, 0.05) is 24.8 Å². The molecule has 1 atom stereocenters. The van der Waals surface area contributed by atoms with Crippen molar-refractivity contribution in [2.75, 3.05) is 4.67 Å². The second-order valence-electron chi connectivity index (χ2n) is 23.2. The molecule has 0 aliphatic heterocycles. The molecular weight excluding hydrogens is 1000 g/mol. The van der Waals surface area contributed by atoms with Gasteiger partial charge in [0.15, 0.2) is 5.58 Å².